The summed E-state index contributed by atoms with van der Waals surface area (Å²) in [6, 6.07) is 9.74. The fraction of sp³-hybridized carbons (Fsp3) is 0.133. The van der Waals surface area contributed by atoms with Crippen molar-refractivity contribution >= 4 is 21.7 Å². The van der Waals surface area contributed by atoms with Crippen LogP contribution in [0.3, 0.4) is 0 Å². The van der Waals surface area contributed by atoms with Crippen LogP contribution in [0, 0.1) is 0 Å². The monoisotopic (exact) mass is 375 g/mol. The van der Waals surface area contributed by atoms with E-state index >= 15 is 0 Å². The Bertz CT molecular complexity index is 881. The predicted molar refractivity (Wildman–Crippen MR) is 82.2 cm³/mol. The van der Waals surface area contributed by atoms with Crippen molar-refractivity contribution in [2.75, 3.05) is 11.3 Å². The van der Waals surface area contributed by atoms with Crippen molar-refractivity contribution in [1.29, 1.82) is 0 Å². The number of anilines is 1. The van der Waals surface area contributed by atoms with Gasteiger partial charge in [0.05, 0.1) is 16.1 Å². The third-order valence-electron chi connectivity index (χ3n) is 2.91. The van der Waals surface area contributed by atoms with E-state index in [9.17, 15) is 26.4 Å². The summed E-state index contributed by atoms with van der Waals surface area (Å²) in [4.78, 5) is 10.6. The molecule has 0 atom stereocenters. The molecule has 2 rings (SSSR count). The summed E-state index contributed by atoms with van der Waals surface area (Å²) in [6.45, 7) is -1.58. The molecule has 25 heavy (non-hydrogen) atoms. The van der Waals surface area contributed by atoms with Crippen LogP contribution in [0.5, 0.6) is 5.75 Å². The molecule has 10 heteroatoms. The zero-order valence-corrected chi connectivity index (χ0v) is 13.3. The SMILES string of the molecule is O=C(O)c1cccc(S(=O)(=O)Nc2ccccc2OCC(F)(F)F)c1. The molecular formula is C15H12F3NO5S. The average molecular weight is 375 g/mol. The van der Waals surface area contributed by atoms with E-state index in [0.717, 1.165) is 12.1 Å². The molecule has 6 nitrogen and oxygen atoms in total. The second kappa shape index (κ2) is 7.01. The van der Waals surface area contributed by atoms with E-state index < -0.39 is 28.8 Å². The number of benzene rings is 2. The van der Waals surface area contributed by atoms with Crippen molar-refractivity contribution in [3.8, 4) is 5.75 Å². The molecule has 2 aromatic rings. The lowest BCUT2D eigenvalue weighted by atomic mass is 10.2. The van der Waals surface area contributed by atoms with Gasteiger partial charge in [-0.3, -0.25) is 4.72 Å². The number of carboxylic acid groups (broad SMARTS) is 1. The van der Waals surface area contributed by atoms with Crippen molar-refractivity contribution in [2.24, 2.45) is 0 Å². The van der Waals surface area contributed by atoms with Gasteiger partial charge in [-0.2, -0.15) is 13.2 Å². The molecule has 2 N–H and O–H groups in total. The van der Waals surface area contributed by atoms with E-state index in [-0.39, 0.29) is 21.9 Å². The molecule has 0 amide bonds. The Morgan fingerprint density at radius 3 is 2.44 bits per heavy atom. The Kier molecular flexibility index (Phi) is 5.21. The third kappa shape index (κ3) is 5.11. The van der Waals surface area contributed by atoms with Crippen molar-refractivity contribution in [3.05, 3.63) is 54.1 Å². The quantitative estimate of drug-likeness (QED) is 0.809. The van der Waals surface area contributed by atoms with Gasteiger partial charge in [-0.1, -0.05) is 18.2 Å². The molecule has 0 radical (unpaired) electrons. The van der Waals surface area contributed by atoms with Gasteiger partial charge in [-0.05, 0) is 30.3 Å². The highest BCUT2D eigenvalue weighted by molar-refractivity contribution is 7.92. The molecule has 2 aromatic carbocycles. The summed E-state index contributed by atoms with van der Waals surface area (Å²) in [5, 5.41) is 8.91. The number of nitrogens with one attached hydrogen (secondary N) is 1. The number of carboxylic acids is 1. The van der Waals surface area contributed by atoms with E-state index in [1.54, 1.807) is 0 Å². The molecule has 0 bridgehead atoms. The number of halogens is 3. The number of sulfonamides is 1. The van der Waals surface area contributed by atoms with Crippen molar-refractivity contribution in [1.82, 2.24) is 0 Å². The van der Waals surface area contributed by atoms with Crippen LogP contribution in [0.4, 0.5) is 18.9 Å². The van der Waals surface area contributed by atoms with Gasteiger partial charge in [0.1, 0.15) is 5.75 Å². The first-order chi connectivity index (χ1) is 11.6. The van der Waals surface area contributed by atoms with Gasteiger partial charge < -0.3 is 9.84 Å². The summed E-state index contributed by atoms with van der Waals surface area (Å²) in [7, 11) is -4.22. The fourth-order valence-corrected chi connectivity index (χ4v) is 2.95. The van der Waals surface area contributed by atoms with E-state index in [0.29, 0.717) is 0 Å². The summed E-state index contributed by atoms with van der Waals surface area (Å²) < 4.78 is 68.2. The zero-order chi connectivity index (χ0) is 18.7. The zero-order valence-electron chi connectivity index (χ0n) is 12.4. The van der Waals surface area contributed by atoms with Gasteiger partial charge in [-0.25, -0.2) is 13.2 Å². The molecule has 0 aromatic heterocycles. The van der Waals surface area contributed by atoms with E-state index in [1.807, 2.05) is 0 Å². The van der Waals surface area contributed by atoms with Gasteiger partial charge in [0.2, 0.25) is 0 Å². The van der Waals surface area contributed by atoms with E-state index in [4.69, 9.17) is 5.11 Å². The number of aromatic carboxylic acids is 1. The number of hydrogen-bond acceptors (Lipinski definition) is 4. The number of rotatable bonds is 6. The molecule has 0 unspecified atom stereocenters. The number of ether oxygens (including phenoxy) is 1. The molecule has 0 aliphatic rings. The van der Waals surface area contributed by atoms with Crippen molar-refractivity contribution in [2.45, 2.75) is 11.1 Å². The van der Waals surface area contributed by atoms with E-state index in [1.165, 1.54) is 36.4 Å². The first-order valence-corrected chi connectivity index (χ1v) is 8.21. The highest BCUT2D eigenvalue weighted by Gasteiger charge is 2.29. The van der Waals surface area contributed by atoms with E-state index in [2.05, 4.69) is 9.46 Å². The summed E-state index contributed by atoms with van der Waals surface area (Å²) in [5.74, 6) is -1.62. The lowest BCUT2D eigenvalue weighted by molar-refractivity contribution is -0.153. The molecule has 0 spiro atoms. The lowest BCUT2D eigenvalue weighted by Gasteiger charge is -2.14. The Labute approximate surface area is 140 Å². The minimum atomic E-state index is -4.58. The number of carbonyl (C=O) groups is 1. The number of para-hydroxylation sites is 2. The van der Waals surface area contributed by atoms with Gasteiger partial charge >= 0.3 is 12.1 Å². The van der Waals surface area contributed by atoms with Gasteiger partial charge in [0, 0.05) is 0 Å². The molecule has 134 valence electrons. The summed E-state index contributed by atoms with van der Waals surface area (Å²) in [6.07, 6.45) is -4.58. The van der Waals surface area contributed by atoms with Crippen LogP contribution in [0.2, 0.25) is 0 Å². The first-order valence-electron chi connectivity index (χ1n) is 6.73. The highest BCUT2D eigenvalue weighted by atomic mass is 32.2. The van der Waals surface area contributed by atoms with Crippen LogP contribution in [0.1, 0.15) is 10.4 Å². The third-order valence-corrected chi connectivity index (χ3v) is 4.28. The van der Waals surface area contributed by atoms with Gasteiger partial charge in [0.25, 0.3) is 10.0 Å². The second-order valence-corrected chi connectivity index (χ2v) is 6.52. The molecule has 0 aliphatic carbocycles. The van der Waals surface area contributed by atoms with Gasteiger partial charge in [0.15, 0.2) is 6.61 Å². The maximum absolute atomic E-state index is 12.3. The standard InChI is InChI=1S/C15H12F3NO5S/c16-15(17,18)9-24-13-7-2-1-6-12(13)19-25(22,23)11-5-3-4-10(8-11)14(20)21/h1-8,19H,9H2,(H,20,21). The highest BCUT2D eigenvalue weighted by Crippen LogP contribution is 2.28. The van der Waals surface area contributed by atoms with Crippen LogP contribution in [-0.4, -0.2) is 32.3 Å². The Morgan fingerprint density at radius 2 is 1.80 bits per heavy atom. The minimum Gasteiger partial charge on any atom is -0.482 e. The maximum atomic E-state index is 12.3. The molecule has 0 saturated heterocycles. The minimum absolute atomic E-state index is 0.201. The van der Waals surface area contributed by atoms with Crippen LogP contribution in [0.15, 0.2) is 53.4 Å². The van der Waals surface area contributed by atoms with Crippen LogP contribution in [-0.2, 0) is 10.0 Å². The summed E-state index contributed by atoms with van der Waals surface area (Å²) in [5.41, 5.74) is -0.447. The largest absolute Gasteiger partial charge is 0.482 e. The number of alkyl halides is 3. The fourth-order valence-electron chi connectivity index (χ4n) is 1.84. The molecule has 0 saturated carbocycles. The first kappa shape index (κ1) is 18.6. The van der Waals surface area contributed by atoms with Crippen LogP contribution in [0.25, 0.3) is 0 Å². The maximum Gasteiger partial charge on any atom is 0.422 e. The second-order valence-electron chi connectivity index (χ2n) is 4.84. The van der Waals surface area contributed by atoms with Crippen molar-refractivity contribution < 1.29 is 36.2 Å². The van der Waals surface area contributed by atoms with Crippen LogP contribution >= 0.6 is 0 Å². The van der Waals surface area contributed by atoms with Crippen LogP contribution < -0.4 is 9.46 Å². The predicted octanol–water partition coefficient (Wildman–Crippen LogP) is 3.13. The Morgan fingerprint density at radius 1 is 1.12 bits per heavy atom. The average Bonchev–Trinajstić information content (AvgIpc) is 2.53. The molecular weight excluding hydrogens is 363 g/mol. The molecule has 0 fully saturated rings. The number of hydrogen-bond donors (Lipinski definition) is 2. The van der Waals surface area contributed by atoms with Crippen molar-refractivity contribution in [3.63, 3.8) is 0 Å². The Balaban J connectivity index is 2.29. The summed E-state index contributed by atoms with van der Waals surface area (Å²) >= 11 is 0. The smallest absolute Gasteiger partial charge is 0.422 e. The van der Waals surface area contributed by atoms with Gasteiger partial charge in [-0.15, -0.1) is 0 Å². The normalized spacial score (nSPS) is 11.8. The topological polar surface area (TPSA) is 92.7 Å². The molecule has 0 aliphatic heterocycles. The molecule has 0 heterocycles. The Hall–Kier alpha value is -2.75. The lowest BCUT2D eigenvalue weighted by Crippen LogP contribution is -2.20.